The Kier molecular flexibility index (Phi) is 5.65. The Morgan fingerprint density at radius 3 is 2.39 bits per heavy atom. The van der Waals surface area contributed by atoms with Crippen molar-refractivity contribution in [1.82, 2.24) is 0 Å². The van der Waals surface area contributed by atoms with Crippen molar-refractivity contribution in [1.29, 1.82) is 0 Å². The van der Waals surface area contributed by atoms with Crippen molar-refractivity contribution in [2.45, 2.75) is 33.3 Å². The highest BCUT2D eigenvalue weighted by Crippen LogP contribution is 2.16. The van der Waals surface area contributed by atoms with Gasteiger partial charge in [-0.3, -0.25) is 0 Å². The van der Waals surface area contributed by atoms with Crippen LogP contribution in [-0.4, -0.2) is 30.4 Å². The number of aliphatic carboxylic acids is 1. The molecular formula is C14H20O4. The third-order valence-electron chi connectivity index (χ3n) is 2.47. The third-order valence-corrected chi connectivity index (χ3v) is 2.47. The van der Waals surface area contributed by atoms with Gasteiger partial charge in [0.15, 0.2) is 6.10 Å². The Balaban J connectivity index is 2.23. The molecule has 1 unspecified atom stereocenters. The molecule has 0 aliphatic carbocycles. The number of aryl methyl sites for hydroxylation is 2. The van der Waals surface area contributed by atoms with Gasteiger partial charge in [0, 0.05) is 6.42 Å². The van der Waals surface area contributed by atoms with Crippen molar-refractivity contribution in [3.8, 4) is 5.75 Å². The number of hydrogen-bond acceptors (Lipinski definition) is 3. The number of benzene rings is 1. The van der Waals surface area contributed by atoms with Gasteiger partial charge in [-0.2, -0.15) is 0 Å². The molecule has 0 heterocycles. The zero-order chi connectivity index (χ0) is 13.5. The number of ether oxygens (including phenoxy) is 2. The predicted molar refractivity (Wildman–Crippen MR) is 69.1 cm³/mol. The van der Waals surface area contributed by atoms with E-state index in [2.05, 4.69) is 6.07 Å². The summed E-state index contributed by atoms with van der Waals surface area (Å²) in [6, 6.07) is 6.05. The molecular weight excluding hydrogens is 232 g/mol. The second-order valence-electron chi connectivity index (χ2n) is 4.38. The molecule has 1 atom stereocenters. The maximum atomic E-state index is 10.5. The van der Waals surface area contributed by atoms with Gasteiger partial charge in [-0.1, -0.05) is 6.07 Å². The fourth-order valence-corrected chi connectivity index (χ4v) is 1.60. The van der Waals surface area contributed by atoms with Gasteiger partial charge in [0.1, 0.15) is 5.75 Å². The summed E-state index contributed by atoms with van der Waals surface area (Å²) in [5, 5.41) is 8.62. The summed E-state index contributed by atoms with van der Waals surface area (Å²) in [4.78, 5) is 10.5. The lowest BCUT2D eigenvalue weighted by Gasteiger charge is -2.10. The van der Waals surface area contributed by atoms with Gasteiger partial charge in [-0.05, 0) is 44.0 Å². The fraction of sp³-hybridized carbons (Fsp3) is 0.500. The van der Waals surface area contributed by atoms with Crippen molar-refractivity contribution < 1.29 is 19.4 Å². The maximum absolute atomic E-state index is 10.5. The highest BCUT2D eigenvalue weighted by atomic mass is 16.5. The first-order valence-electron chi connectivity index (χ1n) is 6.04. The minimum absolute atomic E-state index is 0.387. The minimum Gasteiger partial charge on any atom is -0.493 e. The summed E-state index contributed by atoms with van der Waals surface area (Å²) < 4.78 is 10.7. The van der Waals surface area contributed by atoms with Gasteiger partial charge >= 0.3 is 5.97 Å². The first-order chi connectivity index (χ1) is 8.49. The predicted octanol–water partition coefficient (Wildman–Crippen LogP) is 2.56. The number of carboxylic acids is 1. The summed E-state index contributed by atoms with van der Waals surface area (Å²) in [7, 11) is 0. The Hall–Kier alpha value is -1.55. The van der Waals surface area contributed by atoms with Crippen molar-refractivity contribution >= 4 is 5.97 Å². The molecule has 0 bridgehead atoms. The monoisotopic (exact) mass is 252 g/mol. The molecule has 0 radical (unpaired) electrons. The maximum Gasteiger partial charge on any atom is 0.332 e. The van der Waals surface area contributed by atoms with E-state index in [9.17, 15) is 4.79 Å². The van der Waals surface area contributed by atoms with Crippen molar-refractivity contribution in [2.75, 3.05) is 13.2 Å². The van der Waals surface area contributed by atoms with Gasteiger partial charge in [-0.25, -0.2) is 4.79 Å². The molecule has 0 saturated heterocycles. The lowest BCUT2D eigenvalue weighted by molar-refractivity contribution is -0.149. The van der Waals surface area contributed by atoms with E-state index in [1.807, 2.05) is 26.0 Å². The molecule has 0 fully saturated rings. The van der Waals surface area contributed by atoms with E-state index in [1.165, 1.54) is 18.1 Å². The van der Waals surface area contributed by atoms with Crippen LogP contribution in [0.15, 0.2) is 18.2 Å². The van der Waals surface area contributed by atoms with E-state index in [0.29, 0.717) is 19.6 Å². The SMILES string of the molecule is Cc1cc(C)cc(OCCCOC(C)C(=O)O)c1. The van der Waals surface area contributed by atoms with E-state index in [0.717, 1.165) is 5.75 Å². The highest BCUT2D eigenvalue weighted by molar-refractivity contribution is 5.71. The van der Waals surface area contributed by atoms with Crippen molar-refractivity contribution in [3.63, 3.8) is 0 Å². The lowest BCUT2D eigenvalue weighted by atomic mass is 10.1. The van der Waals surface area contributed by atoms with Crippen molar-refractivity contribution in [2.24, 2.45) is 0 Å². The minimum atomic E-state index is -0.940. The second-order valence-corrected chi connectivity index (χ2v) is 4.38. The third kappa shape index (κ3) is 5.19. The van der Waals surface area contributed by atoms with Gasteiger partial charge in [-0.15, -0.1) is 0 Å². The summed E-state index contributed by atoms with van der Waals surface area (Å²) in [6.45, 7) is 6.48. The first kappa shape index (κ1) is 14.5. The van der Waals surface area contributed by atoms with Crippen LogP contribution in [0.2, 0.25) is 0 Å². The summed E-state index contributed by atoms with van der Waals surface area (Å²) in [5.74, 6) is -0.0935. The van der Waals surface area contributed by atoms with Crippen LogP contribution in [0.25, 0.3) is 0 Å². The quantitative estimate of drug-likeness (QED) is 0.758. The van der Waals surface area contributed by atoms with Crippen LogP contribution in [0, 0.1) is 13.8 Å². The van der Waals surface area contributed by atoms with Gasteiger partial charge < -0.3 is 14.6 Å². The molecule has 0 saturated carbocycles. The van der Waals surface area contributed by atoms with Crippen LogP contribution < -0.4 is 4.74 Å². The topological polar surface area (TPSA) is 55.8 Å². The normalized spacial score (nSPS) is 12.2. The summed E-state index contributed by atoms with van der Waals surface area (Å²) >= 11 is 0. The average molecular weight is 252 g/mol. The van der Waals surface area contributed by atoms with Crippen LogP contribution >= 0.6 is 0 Å². The van der Waals surface area contributed by atoms with Gasteiger partial charge in [0.05, 0.1) is 13.2 Å². The van der Waals surface area contributed by atoms with Gasteiger partial charge in [0.25, 0.3) is 0 Å². The Morgan fingerprint density at radius 1 is 1.22 bits per heavy atom. The highest BCUT2D eigenvalue weighted by Gasteiger charge is 2.09. The largest absolute Gasteiger partial charge is 0.493 e. The van der Waals surface area contributed by atoms with Crippen LogP contribution in [0.1, 0.15) is 24.5 Å². The summed E-state index contributed by atoms with van der Waals surface area (Å²) in [5.41, 5.74) is 2.33. The number of carbonyl (C=O) groups is 1. The van der Waals surface area contributed by atoms with Crippen molar-refractivity contribution in [3.05, 3.63) is 29.3 Å². The van der Waals surface area contributed by atoms with E-state index in [-0.39, 0.29) is 0 Å². The Labute approximate surface area is 108 Å². The second kappa shape index (κ2) is 7.01. The molecule has 1 aromatic rings. The molecule has 0 spiro atoms. The number of hydrogen-bond donors (Lipinski definition) is 1. The summed E-state index contributed by atoms with van der Waals surface area (Å²) in [6.07, 6.45) is -0.0869. The zero-order valence-electron chi connectivity index (χ0n) is 11.1. The van der Waals surface area contributed by atoms with E-state index in [4.69, 9.17) is 14.6 Å². The molecule has 1 aromatic carbocycles. The standard InChI is InChI=1S/C14H20O4/c1-10-7-11(2)9-13(8-10)18-6-4-5-17-12(3)14(15)16/h7-9,12H,4-6H2,1-3H3,(H,15,16). The van der Waals surface area contributed by atoms with Crippen LogP contribution in [0.5, 0.6) is 5.75 Å². The van der Waals surface area contributed by atoms with Crippen LogP contribution in [0.3, 0.4) is 0 Å². The Bertz CT molecular complexity index is 381. The lowest BCUT2D eigenvalue weighted by Crippen LogP contribution is -2.20. The average Bonchev–Trinajstić information content (AvgIpc) is 2.26. The van der Waals surface area contributed by atoms with Crippen LogP contribution in [-0.2, 0) is 9.53 Å². The van der Waals surface area contributed by atoms with Gasteiger partial charge in [0.2, 0.25) is 0 Å². The molecule has 0 amide bonds. The molecule has 0 aromatic heterocycles. The molecule has 4 heteroatoms. The first-order valence-corrected chi connectivity index (χ1v) is 6.04. The zero-order valence-corrected chi connectivity index (χ0v) is 11.1. The number of rotatable bonds is 7. The Morgan fingerprint density at radius 2 is 1.83 bits per heavy atom. The van der Waals surface area contributed by atoms with E-state index >= 15 is 0 Å². The van der Waals surface area contributed by atoms with E-state index in [1.54, 1.807) is 0 Å². The number of carboxylic acid groups (broad SMARTS) is 1. The molecule has 100 valence electrons. The fourth-order valence-electron chi connectivity index (χ4n) is 1.60. The molecule has 4 nitrogen and oxygen atoms in total. The van der Waals surface area contributed by atoms with E-state index < -0.39 is 12.1 Å². The molecule has 1 N–H and O–H groups in total. The molecule has 18 heavy (non-hydrogen) atoms. The molecule has 1 rings (SSSR count). The molecule has 0 aliphatic heterocycles. The molecule has 0 aliphatic rings. The van der Waals surface area contributed by atoms with Crippen LogP contribution in [0.4, 0.5) is 0 Å². The smallest absolute Gasteiger partial charge is 0.332 e.